The molecule has 1 heterocycles. The summed E-state index contributed by atoms with van der Waals surface area (Å²) in [4.78, 5) is 16.4. The maximum atomic E-state index is 11.6. The lowest BCUT2D eigenvalue weighted by Gasteiger charge is -2.04. The van der Waals surface area contributed by atoms with Crippen LogP contribution in [0.4, 0.5) is 0 Å². The number of nitrogens with one attached hydrogen (secondary N) is 1. The van der Waals surface area contributed by atoms with Crippen molar-refractivity contribution in [3.05, 3.63) is 29.6 Å². The van der Waals surface area contributed by atoms with E-state index in [1.807, 2.05) is 0 Å². The summed E-state index contributed by atoms with van der Waals surface area (Å²) >= 11 is 0. The topological polar surface area (TPSA) is 46.9 Å². The normalized spacial score (nSPS) is 18.1. The fourth-order valence-electron chi connectivity index (χ4n) is 2.95. The molecule has 4 nitrogen and oxygen atoms in total. The van der Waals surface area contributed by atoms with Gasteiger partial charge in [0.15, 0.2) is 0 Å². The van der Waals surface area contributed by atoms with E-state index in [2.05, 4.69) is 35.1 Å². The summed E-state index contributed by atoms with van der Waals surface area (Å²) in [5.41, 5.74) is 3.55. The number of fused-ring (bicyclic) bond motifs is 1. The van der Waals surface area contributed by atoms with E-state index in [1.165, 1.54) is 29.7 Å². The molecule has 1 amide bonds. The monoisotopic (exact) mass is 283 g/mol. The van der Waals surface area contributed by atoms with Gasteiger partial charge in [-0.05, 0) is 49.8 Å². The Morgan fingerprint density at radius 2 is 2.14 bits per heavy atom. The van der Waals surface area contributed by atoms with Gasteiger partial charge in [0.25, 0.3) is 0 Å². The van der Waals surface area contributed by atoms with E-state index in [9.17, 15) is 4.79 Å². The van der Waals surface area contributed by atoms with Gasteiger partial charge in [0.05, 0.1) is 11.0 Å². The molecule has 2 fully saturated rings. The molecule has 0 spiro atoms. The summed E-state index contributed by atoms with van der Waals surface area (Å²) in [6.45, 7) is 0.725. The number of carbonyl (C=O) groups is 1. The molecule has 110 valence electrons. The summed E-state index contributed by atoms with van der Waals surface area (Å²) in [6, 6.07) is 6.49. The van der Waals surface area contributed by atoms with Gasteiger partial charge in [-0.25, -0.2) is 4.98 Å². The number of carbonyl (C=O) groups excluding carboxylic acids is 1. The van der Waals surface area contributed by atoms with Crippen LogP contribution in [0.5, 0.6) is 0 Å². The predicted octanol–water partition coefficient (Wildman–Crippen LogP) is 2.52. The van der Waals surface area contributed by atoms with Gasteiger partial charge < -0.3 is 9.88 Å². The largest absolute Gasteiger partial charge is 0.356 e. The molecule has 1 aromatic carbocycles. The lowest BCUT2D eigenvalue weighted by Crippen LogP contribution is -2.26. The molecule has 2 aliphatic rings. The molecule has 0 bridgehead atoms. The minimum Gasteiger partial charge on any atom is -0.356 e. The summed E-state index contributed by atoms with van der Waals surface area (Å²) in [5, 5.41) is 3.02. The molecule has 0 aliphatic heterocycles. The summed E-state index contributed by atoms with van der Waals surface area (Å²) in [6.07, 6.45) is 5.56. The van der Waals surface area contributed by atoms with E-state index in [-0.39, 0.29) is 5.91 Å². The maximum absolute atomic E-state index is 11.6. The zero-order valence-corrected chi connectivity index (χ0v) is 12.4. The molecular formula is C17H21N3O. The van der Waals surface area contributed by atoms with Crippen molar-refractivity contribution in [3.8, 4) is 0 Å². The number of amides is 1. The van der Waals surface area contributed by atoms with Crippen molar-refractivity contribution >= 4 is 16.9 Å². The molecule has 0 unspecified atom stereocenters. The lowest BCUT2D eigenvalue weighted by atomic mass is 10.1. The Hall–Kier alpha value is -1.84. The molecule has 2 saturated carbocycles. The number of hydrogen-bond acceptors (Lipinski definition) is 2. The Morgan fingerprint density at radius 3 is 2.86 bits per heavy atom. The highest BCUT2D eigenvalue weighted by Gasteiger charge is 2.29. The number of benzene rings is 1. The van der Waals surface area contributed by atoms with Crippen molar-refractivity contribution in [2.24, 2.45) is 13.0 Å². The summed E-state index contributed by atoms with van der Waals surface area (Å²) in [7, 11) is 2.11. The molecule has 1 aromatic heterocycles. The molecule has 21 heavy (non-hydrogen) atoms. The molecule has 0 radical (unpaired) electrons. The summed E-state index contributed by atoms with van der Waals surface area (Å²) in [5.74, 6) is 2.42. The van der Waals surface area contributed by atoms with E-state index >= 15 is 0 Å². The third kappa shape index (κ3) is 2.55. The highest BCUT2D eigenvalue weighted by Crippen LogP contribution is 2.40. The van der Waals surface area contributed by atoms with Crippen LogP contribution >= 0.6 is 0 Å². The molecule has 4 rings (SSSR count). The Bertz CT molecular complexity index is 695. The van der Waals surface area contributed by atoms with Crippen LogP contribution in [0.2, 0.25) is 0 Å². The first kappa shape index (κ1) is 12.9. The molecule has 0 saturated heterocycles. The van der Waals surface area contributed by atoms with Crippen molar-refractivity contribution < 1.29 is 4.79 Å². The average Bonchev–Trinajstić information content (AvgIpc) is 3.37. The Kier molecular flexibility index (Phi) is 2.98. The van der Waals surface area contributed by atoms with Crippen molar-refractivity contribution in [1.82, 2.24) is 14.9 Å². The van der Waals surface area contributed by atoms with Crippen LogP contribution < -0.4 is 5.32 Å². The number of hydrogen-bond donors (Lipinski definition) is 1. The van der Waals surface area contributed by atoms with Gasteiger partial charge in [0.2, 0.25) is 5.91 Å². The fourth-order valence-corrected chi connectivity index (χ4v) is 2.95. The minimum atomic E-state index is 0.227. The third-order valence-corrected chi connectivity index (χ3v) is 4.58. The van der Waals surface area contributed by atoms with Crippen molar-refractivity contribution in [2.75, 3.05) is 6.54 Å². The third-order valence-electron chi connectivity index (χ3n) is 4.58. The predicted molar refractivity (Wildman–Crippen MR) is 82.1 cm³/mol. The number of aryl methyl sites for hydroxylation is 1. The molecule has 0 atom stereocenters. The molecule has 2 aliphatic carbocycles. The SMILES string of the molecule is Cn1c(C2CC2)nc2cc(CCNC(=O)C3CC3)ccc21. The second-order valence-corrected chi connectivity index (χ2v) is 6.44. The first-order valence-corrected chi connectivity index (χ1v) is 7.95. The molecular weight excluding hydrogens is 262 g/mol. The van der Waals surface area contributed by atoms with Crippen LogP contribution in [0.15, 0.2) is 18.2 Å². The quantitative estimate of drug-likeness (QED) is 0.916. The number of nitrogens with zero attached hydrogens (tertiary/aromatic N) is 2. The first-order chi connectivity index (χ1) is 10.2. The van der Waals surface area contributed by atoms with E-state index in [4.69, 9.17) is 4.98 Å². The van der Waals surface area contributed by atoms with Crippen molar-refractivity contribution in [2.45, 2.75) is 38.0 Å². The molecule has 2 aromatic rings. The minimum absolute atomic E-state index is 0.227. The van der Waals surface area contributed by atoms with Gasteiger partial charge in [0, 0.05) is 25.4 Å². The number of rotatable bonds is 5. The Labute approximate surface area is 124 Å². The number of aromatic nitrogens is 2. The summed E-state index contributed by atoms with van der Waals surface area (Å²) < 4.78 is 2.23. The van der Waals surface area contributed by atoms with Crippen LogP contribution in [-0.4, -0.2) is 22.0 Å². The highest BCUT2D eigenvalue weighted by molar-refractivity contribution is 5.81. The van der Waals surface area contributed by atoms with Gasteiger partial charge in [-0.2, -0.15) is 0 Å². The second kappa shape index (κ2) is 4.86. The zero-order chi connectivity index (χ0) is 14.4. The Balaban J connectivity index is 1.46. The fraction of sp³-hybridized carbons (Fsp3) is 0.529. The highest BCUT2D eigenvalue weighted by atomic mass is 16.2. The van der Waals surface area contributed by atoms with Crippen LogP contribution in [0.25, 0.3) is 11.0 Å². The van der Waals surface area contributed by atoms with Gasteiger partial charge in [-0.1, -0.05) is 6.07 Å². The van der Waals surface area contributed by atoms with E-state index in [0.29, 0.717) is 11.8 Å². The van der Waals surface area contributed by atoms with Crippen molar-refractivity contribution in [3.63, 3.8) is 0 Å². The van der Waals surface area contributed by atoms with E-state index < -0.39 is 0 Å². The van der Waals surface area contributed by atoms with Crippen LogP contribution in [-0.2, 0) is 18.3 Å². The van der Waals surface area contributed by atoms with Crippen LogP contribution in [0.3, 0.4) is 0 Å². The van der Waals surface area contributed by atoms with Gasteiger partial charge in [-0.3, -0.25) is 4.79 Å². The van der Waals surface area contributed by atoms with Crippen molar-refractivity contribution in [1.29, 1.82) is 0 Å². The van der Waals surface area contributed by atoms with Gasteiger partial charge in [0.1, 0.15) is 5.82 Å². The smallest absolute Gasteiger partial charge is 0.223 e. The Morgan fingerprint density at radius 1 is 1.33 bits per heavy atom. The van der Waals surface area contributed by atoms with Crippen LogP contribution in [0.1, 0.15) is 43.0 Å². The average molecular weight is 283 g/mol. The van der Waals surface area contributed by atoms with Gasteiger partial charge >= 0.3 is 0 Å². The standard InChI is InChI=1S/C17H21N3O/c1-20-15-7-2-11(8-9-18-17(21)13-5-6-13)10-14(15)19-16(20)12-3-4-12/h2,7,10,12-13H,3-6,8-9H2,1H3,(H,18,21). The lowest BCUT2D eigenvalue weighted by molar-refractivity contribution is -0.122. The molecule has 1 N–H and O–H groups in total. The number of imidazole rings is 1. The van der Waals surface area contributed by atoms with Crippen LogP contribution in [0, 0.1) is 5.92 Å². The molecule has 4 heteroatoms. The first-order valence-electron chi connectivity index (χ1n) is 7.95. The zero-order valence-electron chi connectivity index (χ0n) is 12.4. The van der Waals surface area contributed by atoms with Gasteiger partial charge in [-0.15, -0.1) is 0 Å². The second-order valence-electron chi connectivity index (χ2n) is 6.44. The maximum Gasteiger partial charge on any atom is 0.223 e. The van der Waals surface area contributed by atoms with E-state index in [0.717, 1.165) is 31.3 Å². The van der Waals surface area contributed by atoms with E-state index in [1.54, 1.807) is 0 Å².